The summed E-state index contributed by atoms with van der Waals surface area (Å²) in [6, 6.07) is 0. The van der Waals surface area contributed by atoms with Crippen molar-refractivity contribution in [3.8, 4) is 0 Å². The van der Waals surface area contributed by atoms with Crippen molar-refractivity contribution in [2.75, 3.05) is 98.4 Å². The predicted octanol–water partition coefficient (Wildman–Crippen LogP) is -1.35. The minimum atomic E-state index is -3.84. The quantitative estimate of drug-likeness (QED) is 0.0572. The van der Waals surface area contributed by atoms with Crippen molar-refractivity contribution in [1.82, 2.24) is 39.9 Å². The fourth-order valence-corrected chi connectivity index (χ4v) is 13.0. The van der Waals surface area contributed by atoms with Crippen LogP contribution in [0.1, 0.15) is 53.4 Å². The molecule has 0 bridgehead atoms. The number of hydrogen-bond donors (Lipinski definition) is 4. The molecule has 0 saturated carbocycles. The van der Waals surface area contributed by atoms with Gasteiger partial charge in [0, 0.05) is 52.4 Å². The zero-order chi connectivity index (χ0) is 65.3. The molecular weight excluding hydrogens is 1260 g/mol. The number of aromatic nitrogens is 8. The number of carbonyl (C=O) groups is 4. The molecule has 4 saturated heterocycles. The highest BCUT2D eigenvalue weighted by atomic mass is 32.2. The van der Waals surface area contributed by atoms with Crippen molar-refractivity contribution in [3.63, 3.8) is 0 Å². The number of primary sulfonamides is 4. The molecule has 40 heteroatoms. The van der Waals surface area contributed by atoms with E-state index in [0.717, 1.165) is 49.6 Å². The maximum absolute atomic E-state index is 12.9. The second-order valence-electron chi connectivity index (χ2n) is 20.0. The van der Waals surface area contributed by atoms with Crippen LogP contribution in [0.3, 0.4) is 0 Å². The summed E-state index contributed by atoms with van der Waals surface area (Å²) in [6.07, 6.45) is 8.11. The van der Waals surface area contributed by atoms with Crippen LogP contribution in [0, 0.1) is 46.9 Å². The third-order valence-electron chi connectivity index (χ3n) is 13.5. The molecule has 0 amide bonds. The number of ether oxygens (including phenoxy) is 4. The second kappa shape index (κ2) is 31.8. The summed E-state index contributed by atoms with van der Waals surface area (Å²) in [5, 5.41) is 17.1. The van der Waals surface area contributed by atoms with Gasteiger partial charge >= 0.3 is 23.9 Å². The number of hydrogen-bond acceptors (Lipinski definition) is 28. The number of sulfonamides is 4. The van der Waals surface area contributed by atoms with Gasteiger partial charge in [0.1, 0.15) is 0 Å². The SMILES string of the molecule is CCOC(=O)[C@@H]1C[C@@H](S(N)(=O)=O)CN(c2ncc(F)cn2)C1.CCOC(=O)[C@@H]1C[C@H](S(N)(=O)=O)CN(c2ncc(F)cn2)C1.CCOC(=O)[C@H]1C[C@@H](S(N)(=O)=O)CN(c2ncc(F)cn2)C1.CCOC(=O)[C@H]1C[C@H](S(N)(=O)=O)CN(c2ncc(F)cn2)C1. The van der Waals surface area contributed by atoms with Crippen LogP contribution in [0.15, 0.2) is 49.6 Å². The van der Waals surface area contributed by atoms with Crippen LogP contribution in [0.4, 0.5) is 41.4 Å². The Bertz CT molecular complexity index is 3000. The minimum absolute atomic E-state index is 0.0420. The largest absolute Gasteiger partial charge is 0.466 e. The lowest BCUT2D eigenvalue weighted by molar-refractivity contribution is -0.149. The van der Waals surface area contributed by atoms with E-state index < -0.39 is 132 Å². The topological polar surface area (TPSA) is 462 Å². The number of piperidine rings is 4. The van der Waals surface area contributed by atoms with E-state index in [2.05, 4.69) is 39.9 Å². The summed E-state index contributed by atoms with van der Waals surface area (Å²) in [7, 11) is -15.3. The van der Waals surface area contributed by atoms with E-state index in [1.165, 1.54) is 19.6 Å². The molecule has 8 rings (SSSR count). The predicted molar refractivity (Wildman–Crippen MR) is 303 cm³/mol. The Morgan fingerprint density at radius 2 is 0.523 bits per heavy atom. The van der Waals surface area contributed by atoms with Gasteiger partial charge in [0.25, 0.3) is 0 Å². The van der Waals surface area contributed by atoms with Crippen molar-refractivity contribution in [2.45, 2.75) is 74.4 Å². The summed E-state index contributed by atoms with van der Waals surface area (Å²) in [4.78, 5) is 84.1. The Hall–Kier alpha value is -7.24. The molecule has 4 fully saturated rings. The van der Waals surface area contributed by atoms with Crippen LogP contribution >= 0.6 is 0 Å². The van der Waals surface area contributed by atoms with Gasteiger partial charge in [-0.05, 0) is 53.4 Å². The van der Waals surface area contributed by atoms with Gasteiger partial charge < -0.3 is 38.5 Å². The van der Waals surface area contributed by atoms with Gasteiger partial charge in [0.05, 0.1) is 121 Å². The standard InChI is InChI=1S/4C12H17FN4O4S/c4*1-2-21-11(18)8-3-10(22(14,19)20)7-17(6-8)12-15-4-9(13)5-16-12/h4*4-5,8,10H,2-3,6-7H2,1H3,(H2,14,19,20)/t2*8-,10+;2*8-,10-/m1010/s1. The molecule has 0 spiro atoms. The molecule has 0 aromatic carbocycles. The third-order valence-corrected chi connectivity index (χ3v) is 18.6. The molecule has 4 aromatic rings. The Kier molecular flexibility index (Phi) is 25.8. The monoisotopic (exact) mass is 1330 g/mol. The van der Waals surface area contributed by atoms with E-state index in [9.17, 15) is 70.4 Å². The maximum Gasteiger partial charge on any atom is 0.310 e. The maximum atomic E-state index is 12.9. The number of nitrogens with zero attached hydrogens (tertiary/aromatic N) is 12. The van der Waals surface area contributed by atoms with Gasteiger partial charge in [0.15, 0.2) is 23.3 Å². The number of halogens is 4. The fraction of sp³-hybridized carbons (Fsp3) is 0.583. The van der Waals surface area contributed by atoms with Crippen molar-refractivity contribution in [2.24, 2.45) is 44.2 Å². The van der Waals surface area contributed by atoms with Crippen LogP contribution in [-0.4, -0.2) is 197 Å². The van der Waals surface area contributed by atoms with Gasteiger partial charge in [-0.15, -0.1) is 0 Å². The molecule has 4 aromatic heterocycles. The van der Waals surface area contributed by atoms with Gasteiger partial charge in [0.2, 0.25) is 63.9 Å². The first-order valence-corrected chi connectivity index (χ1v) is 33.3. The number of nitrogens with two attached hydrogens (primary N) is 4. The molecular formula is C48H68F4N16O16S4. The number of rotatable bonds is 16. The Morgan fingerprint density at radius 3 is 0.659 bits per heavy atom. The smallest absolute Gasteiger partial charge is 0.310 e. The lowest BCUT2D eigenvalue weighted by atomic mass is 9.98. The lowest BCUT2D eigenvalue weighted by Crippen LogP contribution is -2.51. The van der Waals surface area contributed by atoms with E-state index in [1.54, 1.807) is 27.7 Å². The van der Waals surface area contributed by atoms with Crippen molar-refractivity contribution in [3.05, 3.63) is 72.8 Å². The Morgan fingerprint density at radius 1 is 0.364 bits per heavy atom. The van der Waals surface area contributed by atoms with E-state index in [4.69, 9.17) is 39.5 Å². The van der Waals surface area contributed by atoms with E-state index in [-0.39, 0.29) is 128 Å². The van der Waals surface area contributed by atoms with Crippen LogP contribution in [-0.2, 0) is 78.2 Å². The summed E-state index contributed by atoms with van der Waals surface area (Å²) in [6.45, 7) is 8.38. The number of anilines is 4. The first-order valence-electron chi connectivity index (χ1n) is 26.9. The molecule has 4 aliphatic heterocycles. The van der Waals surface area contributed by atoms with Crippen LogP contribution in [0.5, 0.6) is 0 Å². The molecule has 32 nitrogen and oxygen atoms in total. The third kappa shape index (κ3) is 21.5. The van der Waals surface area contributed by atoms with E-state index in [0.29, 0.717) is 0 Å². The highest BCUT2D eigenvalue weighted by molar-refractivity contribution is 7.90. The summed E-state index contributed by atoms with van der Waals surface area (Å²) in [5.41, 5.74) is 0. The first kappa shape index (κ1) is 71.5. The average Bonchev–Trinajstić information content (AvgIpc) is 2.02. The highest BCUT2D eigenvalue weighted by Gasteiger charge is 2.42. The molecule has 8 heterocycles. The van der Waals surface area contributed by atoms with Gasteiger partial charge in [-0.1, -0.05) is 0 Å². The fourth-order valence-electron chi connectivity index (χ4n) is 9.41. The average molecular weight is 1330 g/mol. The molecule has 488 valence electrons. The molecule has 8 atom stereocenters. The second-order valence-corrected chi connectivity index (χ2v) is 27.4. The Balaban J connectivity index is 0.000000214. The summed E-state index contributed by atoms with van der Waals surface area (Å²) < 4.78 is 164. The van der Waals surface area contributed by atoms with Crippen LogP contribution in [0.2, 0.25) is 0 Å². The van der Waals surface area contributed by atoms with Gasteiger partial charge in [-0.25, -0.2) is 112 Å². The van der Waals surface area contributed by atoms with E-state index >= 15 is 0 Å². The van der Waals surface area contributed by atoms with Crippen molar-refractivity contribution < 1.29 is 89.4 Å². The number of carbonyl (C=O) groups excluding carboxylic acids is 4. The molecule has 0 aliphatic carbocycles. The first-order chi connectivity index (χ1) is 41.2. The van der Waals surface area contributed by atoms with Gasteiger partial charge in [-0.2, -0.15) is 0 Å². The van der Waals surface area contributed by atoms with Crippen molar-refractivity contribution >= 4 is 87.8 Å². The minimum Gasteiger partial charge on any atom is -0.466 e. The summed E-state index contributed by atoms with van der Waals surface area (Å²) >= 11 is 0. The highest BCUT2D eigenvalue weighted by Crippen LogP contribution is 2.29. The lowest BCUT2D eigenvalue weighted by Gasteiger charge is -2.35. The zero-order valence-electron chi connectivity index (χ0n) is 47.9. The van der Waals surface area contributed by atoms with Gasteiger partial charge in [-0.3, -0.25) is 19.2 Å². The molecule has 0 radical (unpaired) electrons. The summed E-state index contributed by atoms with van der Waals surface area (Å²) in [5.74, 6) is -6.49. The normalized spacial score (nSPS) is 22.4. The molecule has 8 N–H and O–H groups in total. The number of esters is 4. The van der Waals surface area contributed by atoms with Crippen molar-refractivity contribution in [1.29, 1.82) is 0 Å². The Labute approximate surface area is 504 Å². The zero-order valence-corrected chi connectivity index (χ0v) is 51.2. The molecule has 88 heavy (non-hydrogen) atoms. The van der Waals surface area contributed by atoms with E-state index in [1.807, 2.05) is 0 Å². The molecule has 0 unspecified atom stereocenters. The molecule has 4 aliphatic rings. The van der Waals surface area contributed by atoms with Crippen LogP contribution in [0.25, 0.3) is 0 Å². The van der Waals surface area contributed by atoms with Crippen LogP contribution < -0.4 is 40.2 Å².